The summed E-state index contributed by atoms with van der Waals surface area (Å²) in [5.41, 5.74) is 7.83. The highest BCUT2D eigenvalue weighted by molar-refractivity contribution is 7.89. The minimum absolute atomic E-state index is 0.0157. The lowest BCUT2D eigenvalue weighted by Gasteiger charge is -2.17. The van der Waals surface area contributed by atoms with E-state index in [2.05, 4.69) is 4.72 Å². The van der Waals surface area contributed by atoms with Crippen molar-refractivity contribution in [3.05, 3.63) is 88.9 Å². The summed E-state index contributed by atoms with van der Waals surface area (Å²) in [4.78, 5) is 4.88. The summed E-state index contributed by atoms with van der Waals surface area (Å²) in [6.07, 6.45) is 0.390. The van der Waals surface area contributed by atoms with Crippen molar-refractivity contribution in [2.75, 3.05) is 7.11 Å². The molecule has 32 heavy (non-hydrogen) atoms. The number of hydrogen-bond donors (Lipinski definition) is 3. The maximum atomic E-state index is 13.1. The Kier molecular flexibility index (Phi) is 6.22. The van der Waals surface area contributed by atoms with Gasteiger partial charge in [0.25, 0.3) is 0 Å². The largest absolute Gasteiger partial charge is 0.497 e. The van der Waals surface area contributed by atoms with Crippen molar-refractivity contribution >= 4 is 37.4 Å². The van der Waals surface area contributed by atoms with Crippen LogP contribution in [-0.2, 0) is 16.4 Å². The number of thiazole rings is 1. The second kappa shape index (κ2) is 9.07. The van der Waals surface area contributed by atoms with E-state index in [9.17, 15) is 8.42 Å². The molecule has 0 spiro atoms. The van der Waals surface area contributed by atoms with E-state index in [-0.39, 0.29) is 10.7 Å². The van der Waals surface area contributed by atoms with Crippen LogP contribution in [0.4, 0.5) is 0 Å². The van der Waals surface area contributed by atoms with Gasteiger partial charge in [0.1, 0.15) is 16.6 Å². The van der Waals surface area contributed by atoms with Gasteiger partial charge in [-0.25, -0.2) is 18.1 Å². The minimum Gasteiger partial charge on any atom is -0.497 e. The average Bonchev–Trinajstić information content (AvgIpc) is 3.23. The molecule has 3 aromatic carbocycles. The van der Waals surface area contributed by atoms with E-state index in [1.54, 1.807) is 49.6 Å². The van der Waals surface area contributed by atoms with Crippen molar-refractivity contribution in [3.63, 3.8) is 0 Å². The van der Waals surface area contributed by atoms with Gasteiger partial charge in [-0.2, -0.15) is 0 Å². The summed E-state index contributed by atoms with van der Waals surface area (Å²) >= 11 is 1.43. The second-order valence-corrected chi connectivity index (χ2v) is 9.96. The lowest BCUT2D eigenvalue weighted by molar-refractivity contribution is 0.415. The van der Waals surface area contributed by atoms with Gasteiger partial charge in [-0.1, -0.05) is 42.5 Å². The van der Waals surface area contributed by atoms with Crippen LogP contribution in [0, 0.1) is 5.41 Å². The highest BCUT2D eigenvalue weighted by Crippen LogP contribution is 2.32. The third-order valence-corrected chi connectivity index (χ3v) is 7.59. The minimum atomic E-state index is -3.76. The summed E-state index contributed by atoms with van der Waals surface area (Å²) in [5, 5.41) is 8.21. The van der Waals surface area contributed by atoms with E-state index in [4.69, 9.17) is 20.9 Å². The number of nitrogens with zero attached hydrogens (tertiary/aromatic N) is 1. The molecular formula is C23H22N4O3S2. The number of nitrogen functional groups attached to an aromatic ring is 1. The first-order chi connectivity index (χ1) is 15.4. The molecule has 0 radical (unpaired) electrons. The van der Waals surface area contributed by atoms with Gasteiger partial charge in [0, 0.05) is 5.56 Å². The van der Waals surface area contributed by atoms with Gasteiger partial charge >= 0.3 is 0 Å². The zero-order valence-electron chi connectivity index (χ0n) is 17.3. The zero-order valence-corrected chi connectivity index (χ0v) is 18.9. The molecule has 7 nitrogen and oxygen atoms in total. The van der Waals surface area contributed by atoms with Crippen molar-refractivity contribution in [2.45, 2.75) is 17.4 Å². The first-order valence-corrected chi connectivity index (χ1v) is 12.1. The number of rotatable bonds is 8. The summed E-state index contributed by atoms with van der Waals surface area (Å²) in [7, 11) is -2.16. The van der Waals surface area contributed by atoms with Crippen molar-refractivity contribution < 1.29 is 13.2 Å². The predicted octanol–water partition coefficient (Wildman–Crippen LogP) is 3.85. The number of aromatic nitrogens is 1. The Morgan fingerprint density at radius 1 is 1.12 bits per heavy atom. The molecule has 0 saturated carbocycles. The number of fused-ring (bicyclic) bond motifs is 1. The average molecular weight is 467 g/mol. The SMILES string of the molecule is COc1ccc2nc([C@H](Cc3ccc(C(=N)N)cc3)NS(=O)(=O)c3ccccc3)sc2c1. The maximum Gasteiger partial charge on any atom is 0.241 e. The van der Waals surface area contributed by atoms with Gasteiger partial charge in [-0.05, 0) is 42.3 Å². The zero-order chi connectivity index (χ0) is 22.7. The lowest BCUT2D eigenvalue weighted by Crippen LogP contribution is -2.30. The van der Waals surface area contributed by atoms with Gasteiger partial charge in [-0.3, -0.25) is 5.41 Å². The fraction of sp³-hybridized carbons (Fsp3) is 0.130. The Labute approximate surface area is 190 Å². The van der Waals surface area contributed by atoms with Crippen LogP contribution >= 0.6 is 11.3 Å². The number of methoxy groups -OCH3 is 1. The molecule has 4 rings (SSSR count). The van der Waals surface area contributed by atoms with Crippen LogP contribution in [0.5, 0.6) is 5.75 Å². The van der Waals surface area contributed by atoms with Crippen LogP contribution < -0.4 is 15.2 Å². The lowest BCUT2D eigenvalue weighted by atomic mass is 10.0. The third-order valence-electron chi connectivity index (χ3n) is 4.97. The number of benzene rings is 3. The Hall–Kier alpha value is -3.27. The number of nitrogens with one attached hydrogen (secondary N) is 2. The standard InChI is InChI=1S/C23H22N4O3S2/c1-30-17-11-12-19-21(14-17)31-23(26-19)20(13-15-7-9-16(10-8-15)22(24)25)27-32(28,29)18-5-3-2-4-6-18/h2-12,14,20,27H,13H2,1H3,(H3,24,25)/t20-/m0/s1. The Balaban J connectivity index is 1.71. The first kappa shape index (κ1) is 21.9. The number of hydrogen-bond acceptors (Lipinski definition) is 6. The highest BCUT2D eigenvalue weighted by atomic mass is 32.2. The first-order valence-electron chi connectivity index (χ1n) is 9.81. The molecule has 0 fully saturated rings. The molecule has 0 amide bonds. The smallest absolute Gasteiger partial charge is 0.241 e. The van der Waals surface area contributed by atoms with Crippen LogP contribution in [0.3, 0.4) is 0 Å². The molecule has 0 aliphatic heterocycles. The summed E-state index contributed by atoms with van der Waals surface area (Å²) < 4.78 is 35.2. The van der Waals surface area contributed by atoms with Crippen LogP contribution in [0.2, 0.25) is 0 Å². The molecule has 0 unspecified atom stereocenters. The monoisotopic (exact) mass is 466 g/mol. The third kappa shape index (κ3) is 4.80. The van der Waals surface area contributed by atoms with Crippen molar-refractivity contribution in [2.24, 2.45) is 5.73 Å². The molecule has 4 N–H and O–H groups in total. The van der Waals surface area contributed by atoms with Gasteiger partial charge < -0.3 is 10.5 Å². The topological polar surface area (TPSA) is 118 Å². The maximum absolute atomic E-state index is 13.1. The van der Waals surface area contributed by atoms with Crippen LogP contribution in [0.25, 0.3) is 10.2 Å². The molecular weight excluding hydrogens is 444 g/mol. The summed E-state index contributed by atoms with van der Waals surface area (Å²) in [5.74, 6) is 0.701. The highest BCUT2D eigenvalue weighted by Gasteiger charge is 2.24. The van der Waals surface area contributed by atoms with E-state index < -0.39 is 16.1 Å². The van der Waals surface area contributed by atoms with E-state index >= 15 is 0 Å². The van der Waals surface area contributed by atoms with Crippen molar-refractivity contribution in [1.82, 2.24) is 9.71 Å². The van der Waals surface area contributed by atoms with E-state index in [1.807, 2.05) is 30.3 Å². The van der Waals surface area contributed by atoms with Gasteiger partial charge in [0.05, 0.1) is 28.3 Å². The molecule has 9 heteroatoms. The molecule has 1 heterocycles. The van der Waals surface area contributed by atoms with E-state index in [0.717, 1.165) is 15.8 Å². The number of sulfonamides is 1. The fourth-order valence-corrected chi connectivity index (χ4v) is 5.63. The molecule has 0 bridgehead atoms. The van der Waals surface area contributed by atoms with E-state index in [1.165, 1.54) is 11.3 Å². The summed E-state index contributed by atoms with van der Waals surface area (Å²) in [6.45, 7) is 0. The van der Waals surface area contributed by atoms with E-state index in [0.29, 0.717) is 22.7 Å². The Morgan fingerprint density at radius 2 is 1.84 bits per heavy atom. The fourth-order valence-electron chi connectivity index (χ4n) is 3.29. The second-order valence-electron chi connectivity index (χ2n) is 7.19. The van der Waals surface area contributed by atoms with Crippen LogP contribution in [-0.4, -0.2) is 26.3 Å². The number of ether oxygens (including phenoxy) is 1. The van der Waals surface area contributed by atoms with Gasteiger partial charge in [0.2, 0.25) is 10.0 Å². The molecule has 164 valence electrons. The molecule has 0 aliphatic rings. The summed E-state index contributed by atoms with van der Waals surface area (Å²) in [6, 6.07) is 20.5. The van der Waals surface area contributed by atoms with Crippen molar-refractivity contribution in [3.8, 4) is 5.75 Å². The molecule has 0 saturated heterocycles. The molecule has 0 aliphatic carbocycles. The number of nitrogens with two attached hydrogens (primary N) is 1. The van der Waals surface area contributed by atoms with Gasteiger partial charge in [-0.15, -0.1) is 11.3 Å². The Bertz CT molecular complexity index is 1350. The van der Waals surface area contributed by atoms with Crippen molar-refractivity contribution in [1.29, 1.82) is 5.41 Å². The quantitative estimate of drug-likeness (QED) is 0.269. The Morgan fingerprint density at radius 3 is 2.50 bits per heavy atom. The number of amidine groups is 1. The molecule has 4 aromatic rings. The van der Waals surface area contributed by atoms with Crippen LogP contribution in [0.15, 0.2) is 77.7 Å². The van der Waals surface area contributed by atoms with Gasteiger partial charge in [0.15, 0.2) is 0 Å². The van der Waals surface area contributed by atoms with Crippen LogP contribution in [0.1, 0.15) is 22.2 Å². The molecule has 1 atom stereocenters. The molecule has 1 aromatic heterocycles. The predicted molar refractivity (Wildman–Crippen MR) is 127 cm³/mol. The normalized spacial score (nSPS) is 12.5.